The van der Waals surface area contributed by atoms with E-state index >= 15 is 0 Å². The van der Waals surface area contributed by atoms with Gasteiger partial charge in [0.25, 0.3) is 0 Å². The minimum atomic E-state index is -3.44. The predicted molar refractivity (Wildman–Crippen MR) is 49.7 cm³/mol. The van der Waals surface area contributed by atoms with Crippen LogP contribution in [0.1, 0.15) is 12.0 Å². The molecular formula is C9H9NO2S. The molecule has 4 heteroatoms. The number of hydrogen-bond donors (Lipinski definition) is 1. The zero-order chi connectivity index (χ0) is 9.47. The summed E-state index contributed by atoms with van der Waals surface area (Å²) in [6.45, 7) is 0. The summed E-state index contributed by atoms with van der Waals surface area (Å²) in [5.74, 6) is 0. The normalized spacial score (nSPS) is 19.5. The van der Waals surface area contributed by atoms with Gasteiger partial charge < -0.3 is 0 Å². The maximum absolute atomic E-state index is 11.6. The first-order valence-electron chi connectivity index (χ1n) is 4.03. The summed E-state index contributed by atoms with van der Waals surface area (Å²) in [7, 11) is -3.44. The van der Waals surface area contributed by atoms with Crippen LogP contribution in [-0.2, 0) is 16.3 Å². The molecule has 0 spiro atoms. The Kier molecular flexibility index (Phi) is 1.73. The van der Waals surface area contributed by atoms with Crippen LogP contribution in [0.15, 0.2) is 29.2 Å². The van der Waals surface area contributed by atoms with E-state index in [-0.39, 0.29) is 5.04 Å². The number of benzene rings is 1. The molecule has 1 aromatic carbocycles. The van der Waals surface area contributed by atoms with Crippen LogP contribution in [-0.4, -0.2) is 13.5 Å². The van der Waals surface area contributed by atoms with Gasteiger partial charge in [-0.25, -0.2) is 8.42 Å². The molecule has 1 aliphatic heterocycles. The molecule has 0 bridgehead atoms. The molecule has 0 fully saturated rings. The number of fused-ring (bicyclic) bond motifs is 1. The lowest BCUT2D eigenvalue weighted by Crippen LogP contribution is -2.21. The highest BCUT2D eigenvalue weighted by atomic mass is 32.2. The van der Waals surface area contributed by atoms with Gasteiger partial charge in [0.2, 0.25) is 9.84 Å². The average molecular weight is 195 g/mol. The van der Waals surface area contributed by atoms with E-state index in [0.29, 0.717) is 17.7 Å². The van der Waals surface area contributed by atoms with Gasteiger partial charge in [0.15, 0.2) is 0 Å². The van der Waals surface area contributed by atoms with Gasteiger partial charge in [-0.15, -0.1) is 0 Å². The maximum Gasteiger partial charge on any atom is 0.219 e. The van der Waals surface area contributed by atoms with Crippen molar-refractivity contribution in [3.05, 3.63) is 29.8 Å². The minimum absolute atomic E-state index is 0.161. The SMILES string of the molecule is N=C1CCc2ccccc2S1(=O)=O. The van der Waals surface area contributed by atoms with Gasteiger partial charge in [0.05, 0.1) is 4.90 Å². The summed E-state index contributed by atoms with van der Waals surface area (Å²) in [6.07, 6.45) is 0.994. The molecule has 0 unspecified atom stereocenters. The Morgan fingerprint density at radius 3 is 2.62 bits per heavy atom. The van der Waals surface area contributed by atoms with E-state index in [1.54, 1.807) is 18.2 Å². The fraction of sp³-hybridized carbons (Fsp3) is 0.222. The summed E-state index contributed by atoms with van der Waals surface area (Å²) in [5, 5.41) is 7.17. The molecule has 0 saturated carbocycles. The van der Waals surface area contributed by atoms with Gasteiger partial charge in [0, 0.05) is 6.42 Å². The van der Waals surface area contributed by atoms with Crippen molar-refractivity contribution in [1.29, 1.82) is 5.41 Å². The molecule has 3 nitrogen and oxygen atoms in total. The lowest BCUT2D eigenvalue weighted by atomic mass is 10.1. The second-order valence-electron chi connectivity index (χ2n) is 3.03. The van der Waals surface area contributed by atoms with Crippen molar-refractivity contribution in [1.82, 2.24) is 0 Å². The van der Waals surface area contributed by atoms with Crippen molar-refractivity contribution in [2.45, 2.75) is 17.7 Å². The van der Waals surface area contributed by atoms with Gasteiger partial charge >= 0.3 is 0 Å². The first kappa shape index (κ1) is 8.44. The molecule has 1 aromatic rings. The second kappa shape index (κ2) is 2.67. The Hall–Kier alpha value is -1.16. The zero-order valence-corrected chi connectivity index (χ0v) is 7.76. The molecule has 1 N–H and O–H groups in total. The van der Waals surface area contributed by atoms with Gasteiger partial charge in [0.1, 0.15) is 5.04 Å². The molecule has 0 atom stereocenters. The van der Waals surface area contributed by atoms with Crippen LogP contribution >= 0.6 is 0 Å². The Morgan fingerprint density at radius 1 is 1.15 bits per heavy atom. The van der Waals surface area contributed by atoms with Crippen LogP contribution in [0.4, 0.5) is 0 Å². The molecule has 0 aliphatic carbocycles. The monoisotopic (exact) mass is 195 g/mol. The number of hydrogen-bond acceptors (Lipinski definition) is 3. The third kappa shape index (κ3) is 1.18. The number of aryl methyl sites for hydroxylation is 1. The Balaban J connectivity index is 2.73. The fourth-order valence-corrected chi connectivity index (χ4v) is 2.90. The highest BCUT2D eigenvalue weighted by Crippen LogP contribution is 2.25. The molecule has 2 rings (SSSR count). The third-order valence-electron chi connectivity index (χ3n) is 2.21. The minimum Gasteiger partial charge on any atom is -0.293 e. The summed E-state index contributed by atoms with van der Waals surface area (Å²) in [5.41, 5.74) is 0.832. The third-order valence-corrected chi connectivity index (χ3v) is 4.04. The molecule has 0 radical (unpaired) electrons. The van der Waals surface area contributed by atoms with E-state index in [0.717, 1.165) is 5.56 Å². The predicted octanol–water partition coefficient (Wildman–Crippen LogP) is 1.38. The van der Waals surface area contributed by atoms with Gasteiger partial charge in [-0.2, -0.15) is 0 Å². The Morgan fingerprint density at radius 2 is 1.85 bits per heavy atom. The van der Waals surface area contributed by atoms with E-state index < -0.39 is 9.84 Å². The molecule has 0 aromatic heterocycles. The van der Waals surface area contributed by atoms with Crippen LogP contribution in [0.5, 0.6) is 0 Å². The van der Waals surface area contributed by atoms with Crippen LogP contribution in [0.2, 0.25) is 0 Å². The van der Waals surface area contributed by atoms with E-state index in [2.05, 4.69) is 0 Å². The van der Waals surface area contributed by atoms with Gasteiger partial charge in [-0.05, 0) is 18.1 Å². The van der Waals surface area contributed by atoms with Crippen molar-refractivity contribution in [2.24, 2.45) is 0 Å². The average Bonchev–Trinajstić information content (AvgIpc) is 2.13. The first-order chi connectivity index (χ1) is 6.12. The molecule has 0 amide bonds. The molecule has 1 aliphatic rings. The van der Waals surface area contributed by atoms with Gasteiger partial charge in [-0.1, -0.05) is 18.2 Å². The first-order valence-corrected chi connectivity index (χ1v) is 5.51. The van der Waals surface area contributed by atoms with Crippen LogP contribution in [0.25, 0.3) is 0 Å². The smallest absolute Gasteiger partial charge is 0.219 e. The molecule has 13 heavy (non-hydrogen) atoms. The largest absolute Gasteiger partial charge is 0.293 e. The standard InChI is InChI=1S/C9H9NO2S/c10-9-6-5-7-3-1-2-4-8(7)13(9,11)12/h1-4,10H,5-6H2. The molecule has 0 saturated heterocycles. The lowest BCUT2D eigenvalue weighted by molar-refractivity contribution is 0.602. The highest BCUT2D eigenvalue weighted by Gasteiger charge is 2.27. The van der Waals surface area contributed by atoms with Crippen molar-refractivity contribution >= 4 is 14.9 Å². The summed E-state index contributed by atoms with van der Waals surface area (Å²) in [6, 6.07) is 6.88. The Labute approximate surface area is 76.8 Å². The zero-order valence-electron chi connectivity index (χ0n) is 6.95. The number of nitrogens with one attached hydrogen (secondary N) is 1. The quantitative estimate of drug-likeness (QED) is 0.680. The second-order valence-corrected chi connectivity index (χ2v) is 4.97. The number of sulfone groups is 1. The fourth-order valence-electron chi connectivity index (χ4n) is 1.49. The summed E-state index contributed by atoms with van der Waals surface area (Å²) >= 11 is 0. The molecule has 1 heterocycles. The van der Waals surface area contributed by atoms with Crippen LogP contribution in [0.3, 0.4) is 0 Å². The Bertz CT molecular complexity index is 462. The maximum atomic E-state index is 11.6. The van der Waals surface area contributed by atoms with Crippen molar-refractivity contribution in [3.8, 4) is 0 Å². The van der Waals surface area contributed by atoms with Gasteiger partial charge in [-0.3, -0.25) is 5.41 Å². The summed E-state index contributed by atoms with van der Waals surface area (Å²) in [4.78, 5) is 0.311. The van der Waals surface area contributed by atoms with E-state index in [4.69, 9.17) is 5.41 Å². The topological polar surface area (TPSA) is 58.0 Å². The molecule has 68 valence electrons. The van der Waals surface area contributed by atoms with Crippen molar-refractivity contribution < 1.29 is 8.42 Å². The number of rotatable bonds is 0. The highest BCUT2D eigenvalue weighted by molar-refractivity contribution is 8.06. The molecular weight excluding hydrogens is 186 g/mol. The van der Waals surface area contributed by atoms with E-state index in [9.17, 15) is 8.42 Å². The lowest BCUT2D eigenvalue weighted by Gasteiger charge is -2.15. The van der Waals surface area contributed by atoms with E-state index in [1.807, 2.05) is 6.07 Å². The van der Waals surface area contributed by atoms with Crippen LogP contribution in [0, 0.1) is 5.41 Å². The summed E-state index contributed by atoms with van der Waals surface area (Å²) < 4.78 is 23.2. The van der Waals surface area contributed by atoms with Crippen LogP contribution < -0.4 is 0 Å². The van der Waals surface area contributed by atoms with Crippen molar-refractivity contribution in [2.75, 3.05) is 0 Å². The van der Waals surface area contributed by atoms with E-state index in [1.165, 1.54) is 0 Å². The van der Waals surface area contributed by atoms with Crippen molar-refractivity contribution in [3.63, 3.8) is 0 Å².